The number of furan rings is 1. The van der Waals surface area contributed by atoms with Crippen LogP contribution in [0.1, 0.15) is 23.2 Å². The Morgan fingerprint density at radius 3 is 2.60 bits per heavy atom. The molecular weight excluding hydrogens is 250 g/mol. The second-order valence-corrected chi connectivity index (χ2v) is 4.64. The molecule has 2 aromatic carbocycles. The maximum absolute atomic E-state index is 12.1. The van der Waals surface area contributed by atoms with E-state index in [1.54, 1.807) is 6.07 Å². The van der Waals surface area contributed by atoms with Crippen molar-refractivity contribution in [1.82, 2.24) is 0 Å². The molecule has 1 aromatic heterocycles. The van der Waals surface area contributed by atoms with Crippen molar-refractivity contribution in [2.24, 2.45) is 0 Å². The van der Waals surface area contributed by atoms with Gasteiger partial charge < -0.3 is 9.73 Å². The molecule has 0 bridgehead atoms. The monoisotopic (exact) mass is 265 g/mol. The number of fused-ring (bicyclic) bond motifs is 1. The van der Waals surface area contributed by atoms with Crippen LogP contribution in [0, 0.1) is 0 Å². The van der Waals surface area contributed by atoms with Gasteiger partial charge in [-0.1, -0.05) is 37.3 Å². The average Bonchev–Trinajstić information content (AvgIpc) is 2.96. The van der Waals surface area contributed by atoms with Gasteiger partial charge in [0.25, 0.3) is 5.91 Å². The highest BCUT2D eigenvalue weighted by Gasteiger charge is 2.10. The predicted octanol–water partition coefficient (Wildman–Crippen LogP) is 4.25. The molecule has 3 heteroatoms. The number of benzene rings is 2. The molecule has 1 N–H and O–H groups in total. The normalized spacial score (nSPS) is 10.7. The number of carbonyl (C=O) groups excluding carboxylic acids is 1. The minimum Gasteiger partial charge on any atom is -0.456 e. The van der Waals surface area contributed by atoms with E-state index in [2.05, 4.69) is 5.32 Å². The number of carbonyl (C=O) groups is 1. The van der Waals surface area contributed by atoms with Gasteiger partial charge in [-0.3, -0.25) is 4.79 Å². The quantitative estimate of drug-likeness (QED) is 0.769. The third kappa shape index (κ3) is 2.43. The lowest BCUT2D eigenvalue weighted by Crippen LogP contribution is -2.10. The molecule has 3 aromatic rings. The first-order valence-electron chi connectivity index (χ1n) is 6.65. The summed E-state index contributed by atoms with van der Waals surface area (Å²) in [5, 5.41) is 5.10. The molecule has 0 aliphatic carbocycles. The maximum atomic E-state index is 12.1. The Kier molecular flexibility index (Phi) is 3.25. The number of rotatable bonds is 3. The molecule has 0 unspecified atom stereocenters. The van der Waals surface area contributed by atoms with Crippen LogP contribution in [0.2, 0.25) is 0 Å². The fourth-order valence-corrected chi connectivity index (χ4v) is 2.15. The van der Waals surface area contributed by atoms with Crippen molar-refractivity contribution in [1.29, 1.82) is 0 Å². The number of amides is 1. The van der Waals surface area contributed by atoms with Gasteiger partial charge in [-0.05, 0) is 35.0 Å². The Balaban J connectivity index is 1.83. The summed E-state index contributed by atoms with van der Waals surface area (Å²) >= 11 is 0. The van der Waals surface area contributed by atoms with E-state index in [9.17, 15) is 4.79 Å². The molecule has 20 heavy (non-hydrogen) atoms. The van der Waals surface area contributed by atoms with Crippen LogP contribution in [0.4, 0.5) is 5.69 Å². The average molecular weight is 265 g/mol. The second-order valence-electron chi connectivity index (χ2n) is 4.64. The van der Waals surface area contributed by atoms with Crippen LogP contribution >= 0.6 is 0 Å². The van der Waals surface area contributed by atoms with Crippen LogP contribution in [0.5, 0.6) is 0 Å². The van der Waals surface area contributed by atoms with Crippen LogP contribution in [-0.4, -0.2) is 5.91 Å². The van der Waals surface area contributed by atoms with Gasteiger partial charge in [0.15, 0.2) is 5.76 Å². The van der Waals surface area contributed by atoms with E-state index in [1.807, 2.05) is 55.5 Å². The van der Waals surface area contributed by atoms with Crippen LogP contribution in [-0.2, 0) is 6.42 Å². The summed E-state index contributed by atoms with van der Waals surface area (Å²) < 4.78 is 5.44. The summed E-state index contributed by atoms with van der Waals surface area (Å²) in [6.45, 7) is 1.99. The molecule has 0 aliphatic rings. The van der Waals surface area contributed by atoms with E-state index in [1.165, 1.54) is 0 Å². The fraction of sp³-hybridized carbons (Fsp3) is 0.118. The highest BCUT2D eigenvalue weighted by atomic mass is 16.3. The third-order valence-corrected chi connectivity index (χ3v) is 3.24. The predicted molar refractivity (Wildman–Crippen MR) is 80.0 cm³/mol. The molecule has 3 rings (SSSR count). The molecule has 100 valence electrons. The van der Waals surface area contributed by atoms with E-state index >= 15 is 0 Å². The number of anilines is 1. The molecule has 0 radical (unpaired) electrons. The van der Waals surface area contributed by atoms with Crippen LogP contribution < -0.4 is 5.32 Å². The van der Waals surface area contributed by atoms with Crippen molar-refractivity contribution in [2.45, 2.75) is 13.3 Å². The standard InChI is InChI=1S/C17H15NO2/c1-2-15-9-10-16(20-15)17(19)18-14-8-7-12-5-3-4-6-13(12)11-14/h3-11H,2H2,1H3,(H,18,19). The first-order chi connectivity index (χ1) is 9.76. The zero-order valence-electron chi connectivity index (χ0n) is 11.2. The van der Waals surface area contributed by atoms with E-state index in [4.69, 9.17) is 4.42 Å². The molecule has 1 heterocycles. The van der Waals surface area contributed by atoms with Crippen molar-refractivity contribution in [3.8, 4) is 0 Å². The highest BCUT2D eigenvalue weighted by Crippen LogP contribution is 2.19. The largest absolute Gasteiger partial charge is 0.456 e. The maximum Gasteiger partial charge on any atom is 0.291 e. The van der Waals surface area contributed by atoms with Crippen LogP contribution in [0.15, 0.2) is 59.0 Å². The van der Waals surface area contributed by atoms with Crippen molar-refractivity contribution in [3.05, 3.63) is 66.1 Å². The number of hydrogen-bond donors (Lipinski definition) is 1. The second kappa shape index (κ2) is 5.21. The lowest BCUT2D eigenvalue weighted by Gasteiger charge is -2.05. The Morgan fingerprint density at radius 1 is 1.05 bits per heavy atom. The first kappa shape index (κ1) is 12.5. The summed E-state index contributed by atoms with van der Waals surface area (Å²) in [7, 11) is 0. The SMILES string of the molecule is CCc1ccc(C(=O)Nc2ccc3ccccc3c2)o1. The minimum absolute atomic E-state index is 0.222. The van der Waals surface area contributed by atoms with Gasteiger partial charge in [-0.25, -0.2) is 0 Å². The fourth-order valence-electron chi connectivity index (χ4n) is 2.15. The number of aryl methyl sites for hydroxylation is 1. The van der Waals surface area contributed by atoms with Gasteiger partial charge in [-0.15, -0.1) is 0 Å². The zero-order valence-corrected chi connectivity index (χ0v) is 11.2. The summed E-state index contributed by atoms with van der Waals surface area (Å²) in [6, 6.07) is 17.4. The van der Waals surface area contributed by atoms with Crippen LogP contribution in [0.25, 0.3) is 10.8 Å². The van der Waals surface area contributed by atoms with Gasteiger partial charge in [0.2, 0.25) is 0 Å². The molecule has 0 atom stereocenters. The summed E-state index contributed by atoms with van der Waals surface area (Å²) in [5.74, 6) is 0.934. The topological polar surface area (TPSA) is 42.2 Å². The van der Waals surface area contributed by atoms with Gasteiger partial charge in [0, 0.05) is 12.1 Å². The lowest BCUT2D eigenvalue weighted by atomic mass is 10.1. The Hall–Kier alpha value is -2.55. The molecule has 1 amide bonds. The zero-order chi connectivity index (χ0) is 13.9. The smallest absolute Gasteiger partial charge is 0.291 e. The highest BCUT2D eigenvalue weighted by molar-refractivity contribution is 6.03. The van der Waals surface area contributed by atoms with E-state index in [-0.39, 0.29) is 5.91 Å². The third-order valence-electron chi connectivity index (χ3n) is 3.24. The molecule has 0 saturated carbocycles. The van der Waals surface area contributed by atoms with Crippen molar-refractivity contribution >= 4 is 22.4 Å². The van der Waals surface area contributed by atoms with Crippen molar-refractivity contribution < 1.29 is 9.21 Å². The minimum atomic E-state index is -0.222. The van der Waals surface area contributed by atoms with Crippen LogP contribution in [0.3, 0.4) is 0 Å². The number of nitrogens with one attached hydrogen (secondary N) is 1. The van der Waals surface area contributed by atoms with Gasteiger partial charge in [0.1, 0.15) is 5.76 Å². The van der Waals surface area contributed by atoms with Crippen molar-refractivity contribution in [2.75, 3.05) is 5.32 Å². The van der Waals surface area contributed by atoms with Crippen molar-refractivity contribution in [3.63, 3.8) is 0 Å². The molecule has 0 spiro atoms. The summed E-state index contributed by atoms with van der Waals surface area (Å²) in [6.07, 6.45) is 0.781. The first-order valence-corrected chi connectivity index (χ1v) is 6.65. The molecule has 3 nitrogen and oxygen atoms in total. The van der Waals surface area contributed by atoms with E-state index in [0.29, 0.717) is 5.76 Å². The van der Waals surface area contributed by atoms with Gasteiger partial charge >= 0.3 is 0 Å². The Morgan fingerprint density at radius 2 is 1.85 bits per heavy atom. The summed E-state index contributed by atoms with van der Waals surface area (Å²) in [4.78, 5) is 12.1. The van der Waals surface area contributed by atoms with Gasteiger partial charge in [0.05, 0.1) is 0 Å². The lowest BCUT2D eigenvalue weighted by molar-refractivity contribution is 0.0995. The van der Waals surface area contributed by atoms with E-state index < -0.39 is 0 Å². The molecule has 0 saturated heterocycles. The molecular formula is C17H15NO2. The Bertz CT molecular complexity index is 758. The van der Waals surface area contributed by atoms with E-state index in [0.717, 1.165) is 28.6 Å². The number of hydrogen-bond acceptors (Lipinski definition) is 2. The molecule has 0 aliphatic heterocycles. The summed E-state index contributed by atoms with van der Waals surface area (Å²) in [5.41, 5.74) is 0.767. The molecule has 0 fully saturated rings. The van der Waals surface area contributed by atoms with Gasteiger partial charge in [-0.2, -0.15) is 0 Å². The Labute approximate surface area is 117 Å².